The summed E-state index contributed by atoms with van der Waals surface area (Å²) in [5.41, 5.74) is 6.92. The van der Waals surface area contributed by atoms with Crippen LogP contribution in [0.5, 0.6) is 11.5 Å². The molecule has 1 aliphatic heterocycles. The molecule has 1 aromatic carbocycles. The number of hydrogen-bond acceptors (Lipinski definition) is 5. The van der Waals surface area contributed by atoms with Gasteiger partial charge in [-0.15, -0.1) is 0 Å². The molecule has 1 aromatic heterocycles. The van der Waals surface area contributed by atoms with Crippen molar-refractivity contribution in [1.82, 2.24) is 0 Å². The van der Waals surface area contributed by atoms with Crippen LogP contribution in [-0.2, 0) is 0 Å². The molecule has 1 amide bonds. The van der Waals surface area contributed by atoms with Gasteiger partial charge in [-0.3, -0.25) is 4.79 Å². The Balaban J connectivity index is 1.87. The Labute approximate surface area is 119 Å². The Morgan fingerprint density at radius 1 is 1.25 bits per heavy atom. The Hall–Kier alpha value is -2.34. The van der Waals surface area contributed by atoms with Gasteiger partial charge >= 0.3 is 0 Å². The van der Waals surface area contributed by atoms with Crippen LogP contribution in [0.2, 0.25) is 5.22 Å². The van der Waals surface area contributed by atoms with Crippen molar-refractivity contribution in [3.63, 3.8) is 0 Å². The first-order chi connectivity index (χ1) is 9.65. The summed E-state index contributed by atoms with van der Waals surface area (Å²) in [7, 11) is 0. The van der Waals surface area contributed by atoms with Crippen LogP contribution in [0.1, 0.15) is 10.4 Å². The molecular weight excluding hydrogens is 284 g/mol. The molecule has 0 unspecified atom stereocenters. The second-order valence-corrected chi connectivity index (χ2v) is 4.49. The van der Waals surface area contributed by atoms with E-state index in [0.717, 1.165) is 0 Å². The third-order valence-corrected chi connectivity index (χ3v) is 3.12. The SMILES string of the molecule is Nc1cc2c(cc1NC(=O)c1ccoc1Cl)OCCO2. The summed E-state index contributed by atoms with van der Waals surface area (Å²) in [4.78, 5) is 12.0. The first-order valence-electron chi connectivity index (χ1n) is 5.88. The van der Waals surface area contributed by atoms with Gasteiger partial charge in [0.05, 0.1) is 23.2 Å². The van der Waals surface area contributed by atoms with Crippen LogP contribution in [0.15, 0.2) is 28.9 Å². The summed E-state index contributed by atoms with van der Waals surface area (Å²) in [6, 6.07) is 4.71. The summed E-state index contributed by atoms with van der Waals surface area (Å²) in [6.07, 6.45) is 1.34. The fraction of sp³-hybridized carbons (Fsp3) is 0.154. The van der Waals surface area contributed by atoms with Crippen molar-refractivity contribution in [3.8, 4) is 11.5 Å². The number of halogens is 1. The minimum atomic E-state index is -0.410. The zero-order chi connectivity index (χ0) is 14.1. The van der Waals surface area contributed by atoms with Gasteiger partial charge in [0.25, 0.3) is 5.91 Å². The number of furan rings is 1. The van der Waals surface area contributed by atoms with E-state index >= 15 is 0 Å². The molecule has 3 N–H and O–H groups in total. The molecule has 104 valence electrons. The topological polar surface area (TPSA) is 86.7 Å². The lowest BCUT2D eigenvalue weighted by Crippen LogP contribution is -2.17. The van der Waals surface area contributed by atoms with Crippen LogP contribution in [-0.4, -0.2) is 19.1 Å². The predicted octanol–water partition coefficient (Wildman–Crippen LogP) is 2.54. The summed E-state index contributed by atoms with van der Waals surface area (Å²) in [5.74, 6) is 0.694. The van der Waals surface area contributed by atoms with Crippen molar-refractivity contribution in [3.05, 3.63) is 35.2 Å². The van der Waals surface area contributed by atoms with Crippen LogP contribution < -0.4 is 20.5 Å². The Morgan fingerprint density at radius 2 is 1.95 bits per heavy atom. The molecule has 2 aromatic rings. The summed E-state index contributed by atoms with van der Waals surface area (Å²) in [6.45, 7) is 0.931. The normalized spacial score (nSPS) is 13.1. The molecule has 7 heteroatoms. The number of carbonyl (C=O) groups excluding carboxylic acids is 1. The van der Waals surface area contributed by atoms with Crippen LogP contribution in [0.25, 0.3) is 0 Å². The van der Waals surface area contributed by atoms with Crippen LogP contribution >= 0.6 is 11.6 Å². The number of amides is 1. The third-order valence-electron chi connectivity index (χ3n) is 2.83. The van der Waals surface area contributed by atoms with E-state index in [9.17, 15) is 4.79 Å². The van der Waals surface area contributed by atoms with Gasteiger partial charge in [0.2, 0.25) is 5.22 Å². The summed E-state index contributed by atoms with van der Waals surface area (Å²) < 4.78 is 15.7. The number of nitrogens with one attached hydrogen (secondary N) is 1. The molecule has 0 saturated heterocycles. The smallest absolute Gasteiger partial charge is 0.260 e. The Kier molecular flexibility index (Phi) is 3.15. The fourth-order valence-corrected chi connectivity index (χ4v) is 2.06. The number of rotatable bonds is 2. The van der Waals surface area contributed by atoms with Crippen molar-refractivity contribution in [2.75, 3.05) is 24.3 Å². The lowest BCUT2D eigenvalue weighted by Gasteiger charge is -2.20. The highest BCUT2D eigenvalue weighted by atomic mass is 35.5. The average Bonchev–Trinajstić information content (AvgIpc) is 2.86. The molecule has 6 nitrogen and oxygen atoms in total. The first kappa shape index (κ1) is 12.7. The minimum absolute atomic E-state index is 0.0265. The van der Waals surface area contributed by atoms with Gasteiger partial charge in [-0.05, 0) is 17.7 Å². The van der Waals surface area contributed by atoms with E-state index in [-0.39, 0.29) is 10.8 Å². The molecule has 0 radical (unpaired) electrons. The van der Waals surface area contributed by atoms with Crippen molar-refractivity contribution in [2.24, 2.45) is 0 Å². The molecule has 0 saturated carbocycles. The minimum Gasteiger partial charge on any atom is -0.486 e. The predicted molar refractivity (Wildman–Crippen MR) is 73.5 cm³/mol. The van der Waals surface area contributed by atoms with Crippen LogP contribution in [0.4, 0.5) is 11.4 Å². The van der Waals surface area contributed by atoms with Gasteiger partial charge in [-0.2, -0.15) is 0 Å². The van der Waals surface area contributed by atoms with Gasteiger partial charge in [-0.1, -0.05) is 0 Å². The van der Waals surface area contributed by atoms with E-state index in [2.05, 4.69) is 5.32 Å². The fourth-order valence-electron chi connectivity index (χ4n) is 1.86. The zero-order valence-corrected chi connectivity index (χ0v) is 11.1. The van der Waals surface area contributed by atoms with Crippen molar-refractivity contribution in [2.45, 2.75) is 0 Å². The Bertz CT molecular complexity index is 668. The third kappa shape index (κ3) is 2.25. The van der Waals surface area contributed by atoms with Gasteiger partial charge in [0.1, 0.15) is 13.2 Å². The number of nitrogen functional groups attached to an aromatic ring is 1. The Morgan fingerprint density at radius 3 is 2.60 bits per heavy atom. The quantitative estimate of drug-likeness (QED) is 0.831. The van der Waals surface area contributed by atoms with E-state index in [0.29, 0.717) is 36.1 Å². The van der Waals surface area contributed by atoms with Crippen molar-refractivity contribution in [1.29, 1.82) is 0 Å². The maximum Gasteiger partial charge on any atom is 0.260 e. The highest BCUT2D eigenvalue weighted by molar-refractivity contribution is 6.32. The van der Waals surface area contributed by atoms with E-state index in [1.165, 1.54) is 12.3 Å². The molecule has 1 aliphatic rings. The van der Waals surface area contributed by atoms with Crippen LogP contribution in [0, 0.1) is 0 Å². The highest BCUT2D eigenvalue weighted by Crippen LogP contribution is 2.37. The average molecular weight is 295 g/mol. The molecule has 20 heavy (non-hydrogen) atoms. The highest BCUT2D eigenvalue weighted by Gasteiger charge is 2.18. The second kappa shape index (κ2) is 4.97. The number of anilines is 2. The largest absolute Gasteiger partial charge is 0.486 e. The number of hydrogen-bond donors (Lipinski definition) is 2. The van der Waals surface area contributed by atoms with Gasteiger partial charge in [0.15, 0.2) is 11.5 Å². The maximum absolute atomic E-state index is 12.0. The summed E-state index contributed by atoms with van der Waals surface area (Å²) in [5, 5.41) is 2.69. The molecule has 0 bridgehead atoms. The second-order valence-electron chi connectivity index (χ2n) is 4.15. The van der Waals surface area contributed by atoms with E-state index in [4.69, 9.17) is 31.2 Å². The lowest BCUT2D eigenvalue weighted by atomic mass is 10.2. The first-order valence-corrected chi connectivity index (χ1v) is 6.26. The zero-order valence-electron chi connectivity index (χ0n) is 10.3. The number of ether oxygens (including phenoxy) is 2. The molecule has 3 rings (SSSR count). The molecule has 0 spiro atoms. The standard InChI is InChI=1S/C13H11ClN2O4/c14-12-7(1-2-20-12)13(17)16-9-6-11-10(5-8(9)15)18-3-4-19-11/h1-2,5-6H,3-4,15H2,(H,16,17). The number of fused-ring (bicyclic) bond motifs is 1. The van der Waals surface area contributed by atoms with Gasteiger partial charge in [0, 0.05) is 12.1 Å². The monoisotopic (exact) mass is 294 g/mol. The van der Waals surface area contributed by atoms with Crippen LogP contribution in [0.3, 0.4) is 0 Å². The number of benzene rings is 1. The molecule has 0 aliphatic carbocycles. The molecule has 0 fully saturated rings. The van der Waals surface area contributed by atoms with E-state index < -0.39 is 5.91 Å². The number of nitrogens with two attached hydrogens (primary N) is 1. The number of carbonyl (C=O) groups is 1. The molecular formula is C13H11ClN2O4. The van der Waals surface area contributed by atoms with E-state index in [1.54, 1.807) is 12.1 Å². The van der Waals surface area contributed by atoms with E-state index in [1.807, 2.05) is 0 Å². The summed E-state index contributed by atoms with van der Waals surface area (Å²) >= 11 is 5.75. The van der Waals surface area contributed by atoms with Gasteiger partial charge < -0.3 is 24.9 Å². The van der Waals surface area contributed by atoms with Crippen molar-refractivity contribution < 1.29 is 18.7 Å². The van der Waals surface area contributed by atoms with Gasteiger partial charge in [-0.25, -0.2) is 0 Å². The maximum atomic E-state index is 12.0. The lowest BCUT2D eigenvalue weighted by molar-refractivity contribution is 0.102. The van der Waals surface area contributed by atoms with Crippen molar-refractivity contribution >= 4 is 28.9 Å². The molecule has 2 heterocycles. The molecule has 0 atom stereocenters.